The maximum Gasteiger partial charge on any atom is 0.263 e. The monoisotopic (exact) mass is 439 g/mol. The lowest BCUT2D eigenvalue weighted by Gasteiger charge is -2.31. The Hall–Kier alpha value is -3.86. The second kappa shape index (κ2) is 8.58. The van der Waals surface area contributed by atoms with Crippen molar-refractivity contribution in [1.82, 2.24) is 4.90 Å². The average Bonchev–Trinajstić information content (AvgIpc) is 2.83. The molecule has 5 heteroatoms. The smallest absolute Gasteiger partial charge is 0.263 e. The number of fused-ring (bicyclic) bond motifs is 2. The minimum Gasteiger partial charge on any atom is -0.481 e. The molecule has 1 aliphatic rings. The van der Waals surface area contributed by atoms with Crippen LogP contribution in [0.4, 0.5) is 0 Å². The van der Waals surface area contributed by atoms with E-state index in [0.29, 0.717) is 41.1 Å². The molecule has 1 unspecified atom stereocenters. The van der Waals surface area contributed by atoms with Gasteiger partial charge in [0.1, 0.15) is 17.1 Å². The van der Waals surface area contributed by atoms with Gasteiger partial charge >= 0.3 is 0 Å². The Bertz CT molecular complexity index is 1390. The van der Waals surface area contributed by atoms with Gasteiger partial charge in [-0.25, -0.2) is 0 Å². The lowest BCUT2D eigenvalue weighted by Crippen LogP contribution is -2.43. The van der Waals surface area contributed by atoms with Gasteiger partial charge in [-0.1, -0.05) is 54.6 Å². The topological polar surface area (TPSA) is 59.8 Å². The van der Waals surface area contributed by atoms with Crippen LogP contribution < -0.4 is 10.2 Å². The Morgan fingerprint density at radius 3 is 2.52 bits per heavy atom. The van der Waals surface area contributed by atoms with Crippen molar-refractivity contribution in [3.63, 3.8) is 0 Å². The van der Waals surface area contributed by atoms with E-state index in [-0.39, 0.29) is 11.3 Å². The standard InChI is InChI=1S/C28H25NO4/c1-18-26(21-9-4-3-5-10-21)27(30)24-13-12-23(16-25(24)33-18)32-19(2)28(31)29-15-14-20-8-6-7-11-22(20)17-29/h3-13,16,19H,14-15,17H2,1-2H3. The highest BCUT2D eigenvalue weighted by molar-refractivity contribution is 5.84. The van der Waals surface area contributed by atoms with Crippen LogP contribution in [0.3, 0.4) is 0 Å². The quantitative estimate of drug-likeness (QED) is 0.443. The number of aryl methyl sites for hydroxylation is 1. The van der Waals surface area contributed by atoms with Crippen molar-refractivity contribution in [1.29, 1.82) is 0 Å². The van der Waals surface area contributed by atoms with Crippen LogP contribution >= 0.6 is 0 Å². The second-order valence-electron chi connectivity index (χ2n) is 8.42. The molecule has 0 N–H and O–H groups in total. The van der Waals surface area contributed by atoms with Gasteiger partial charge < -0.3 is 14.1 Å². The molecule has 0 saturated heterocycles. The van der Waals surface area contributed by atoms with E-state index in [1.165, 1.54) is 11.1 Å². The van der Waals surface area contributed by atoms with E-state index in [1.54, 1.807) is 32.0 Å². The van der Waals surface area contributed by atoms with Gasteiger partial charge in [-0.15, -0.1) is 0 Å². The summed E-state index contributed by atoms with van der Waals surface area (Å²) < 4.78 is 12.0. The number of benzene rings is 3. The molecular formula is C28H25NO4. The Morgan fingerprint density at radius 1 is 1.00 bits per heavy atom. The van der Waals surface area contributed by atoms with E-state index < -0.39 is 6.10 Å². The minimum atomic E-state index is -0.649. The van der Waals surface area contributed by atoms with Crippen molar-refractivity contribution < 1.29 is 13.9 Å². The third-order valence-electron chi connectivity index (χ3n) is 6.21. The van der Waals surface area contributed by atoms with Crippen molar-refractivity contribution in [2.24, 2.45) is 0 Å². The zero-order valence-corrected chi connectivity index (χ0v) is 18.7. The number of carbonyl (C=O) groups excluding carboxylic acids is 1. The zero-order valence-electron chi connectivity index (χ0n) is 18.7. The highest BCUT2D eigenvalue weighted by Gasteiger charge is 2.26. The van der Waals surface area contributed by atoms with E-state index in [2.05, 4.69) is 12.1 Å². The first-order valence-corrected chi connectivity index (χ1v) is 11.2. The zero-order chi connectivity index (χ0) is 22.9. The summed E-state index contributed by atoms with van der Waals surface area (Å²) in [6, 6.07) is 22.8. The van der Waals surface area contributed by atoms with Gasteiger partial charge in [-0.2, -0.15) is 0 Å². The first-order valence-electron chi connectivity index (χ1n) is 11.2. The minimum absolute atomic E-state index is 0.0540. The van der Waals surface area contributed by atoms with Crippen LogP contribution in [0.2, 0.25) is 0 Å². The molecule has 2 heterocycles. The summed E-state index contributed by atoms with van der Waals surface area (Å²) in [5, 5.41) is 0.485. The molecule has 1 amide bonds. The Kier molecular flexibility index (Phi) is 5.47. The molecule has 4 aromatic rings. The number of ether oxygens (including phenoxy) is 1. The van der Waals surface area contributed by atoms with Gasteiger partial charge in [0.25, 0.3) is 5.91 Å². The summed E-state index contributed by atoms with van der Waals surface area (Å²) in [6.07, 6.45) is 0.197. The first-order chi connectivity index (χ1) is 16.0. The van der Waals surface area contributed by atoms with Crippen molar-refractivity contribution >= 4 is 16.9 Å². The molecule has 1 aliphatic heterocycles. The molecular weight excluding hydrogens is 414 g/mol. The van der Waals surface area contributed by atoms with Crippen LogP contribution in [0.1, 0.15) is 23.8 Å². The fourth-order valence-electron chi connectivity index (χ4n) is 4.49. The number of amides is 1. The van der Waals surface area contributed by atoms with Crippen molar-refractivity contribution in [3.8, 4) is 16.9 Å². The van der Waals surface area contributed by atoms with E-state index >= 15 is 0 Å². The molecule has 1 aromatic heterocycles. The van der Waals surface area contributed by atoms with Gasteiger partial charge in [-0.05, 0) is 49.1 Å². The summed E-state index contributed by atoms with van der Waals surface area (Å²) in [6.45, 7) is 4.82. The van der Waals surface area contributed by atoms with E-state index in [0.717, 1.165) is 12.0 Å². The molecule has 166 valence electrons. The molecule has 0 fully saturated rings. The van der Waals surface area contributed by atoms with Crippen LogP contribution in [-0.4, -0.2) is 23.5 Å². The summed E-state index contributed by atoms with van der Waals surface area (Å²) in [7, 11) is 0. The Morgan fingerprint density at radius 2 is 1.73 bits per heavy atom. The fourth-order valence-corrected chi connectivity index (χ4v) is 4.49. The normalized spacial score (nSPS) is 14.1. The Labute approximate surface area is 192 Å². The molecule has 0 radical (unpaired) electrons. The van der Waals surface area contributed by atoms with E-state index in [1.807, 2.05) is 47.4 Å². The molecule has 0 bridgehead atoms. The molecule has 33 heavy (non-hydrogen) atoms. The van der Waals surface area contributed by atoms with Gasteiger partial charge in [0.15, 0.2) is 6.10 Å². The van der Waals surface area contributed by atoms with Gasteiger partial charge in [0, 0.05) is 19.2 Å². The summed E-state index contributed by atoms with van der Waals surface area (Å²) in [5.41, 5.74) is 4.23. The molecule has 0 spiro atoms. The SMILES string of the molecule is Cc1oc2cc(OC(C)C(=O)N3CCc4ccccc4C3)ccc2c(=O)c1-c1ccccc1. The number of hydrogen-bond donors (Lipinski definition) is 0. The molecule has 5 nitrogen and oxygen atoms in total. The molecule has 3 aromatic carbocycles. The van der Waals surface area contributed by atoms with Gasteiger partial charge in [0.05, 0.1) is 10.9 Å². The Balaban J connectivity index is 1.37. The van der Waals surface area contributed by atoms with Crippen LogP contribution in [0.25, 0.3) is 22.1 Å². The van der Waals surface area contributed by atoms with Crippen molar-refractivity contribution in [2.45, 2.75) is 32.9 Å². The largest absolute Gasteiger partial charge is 0.481 e. The van der Waals surface area contributed by atoms with E-state index in [9.17, 15) is 9.59 Å². The van der Waals surface area contributed by atoms with Crippen LogP contribution in [-0.2, 0) is 17.8 Å². The molecule has 1 atom stereocenters. The van der Waals surface area contributed by atoms with Gasteiger partial charge in [0.2, 0.25) is 5.43 Å². The lowest BCUT2D eigenvalue weighted by molar-refractivity contribution is -0.138. The predicted molar refractivity (Wildman–Crippen MR) is 128 cm³/mol. The fraction of sp³-hybridized carbons (Fsp3) is 0.214. The second-order valence-corrected chi connectivity index (χ2v) is 8.42. The van der Waals surface area contributed by atoms with Crippen LogP contribution in [0.15, 0.2) is 82.0 Å². The highest BCUT2D eigenvalue weighted by atomic mass is 16.5. The first kappa shape index (κ1) is 21.0. The summed E-state index contributed by atoms with van der Waals surface area (Å²) in [4.78, 5) is 28.0. The van der Waals surface area contributed by atoms with Crippen molar-refractivity contribution in [3.05, 3.63) is 99.9 Å². The molecule has 5 rings (SSSR count). The van der Waals surface area contributed by atoms with Crippen LogP contribution in [0, 0.1) is 6.92 Å². The maximum atomic E-state index is 13.1. The number of carbonyl (C=O) groups is 1. The third kappa shape index (κ3) is 4.02. The number of rotatable bonds is 4. The highest BCUT2D eigenvalue weighted by Crippen LogP contribution is 2.27. The number of hydrogen-bond acceptors (Lipinski definition) is 4. The lowest BCUT2D eigenvalue weighted by atomic mass is 9.99. The number of nitrogens with zero attached hydrogens (tertiary/aromatic N) is 1. The summed E-state index contributed by atoms with van der Waals surface area (Å²) in [5.74, 6) is 0.990. The molecule has 0 aliphatic carbocycles. The van der Waals surface area contributed by atoms with Gasteiger partial charge in [-0.3, -0.25) is 9.59 Å². The third-order valence-corrected chi connectivity index (χ3v) is 6.21. The maximum absolute atomic E-state index is 13.1. The molecule has 0 saturated carbocycles. The van der Waals surface area contributed by atoms with E-state index in [4.69, 9.17) is 9.15 Å². The summed E-state index contributed by atoms with van der Waals surface area (Å²) >= 11 is 0. The predicted octanol–water partition coefficient (Wildman–Crippen LogP) is 5.12. The van der Waals surface area contributed by atoms with Crippen molar-refractivity contribution in [2.75, 3.05) is 6.54 Å². The van der Waals surface area contributed by atoms with Crippen LogP contribution in [0.5, 0.6) is 5.75 Å². The average molecular weight is 440 g/mol.